The molecule has 4 aromatic rings. The molecule has 8 nitrogen and oxygen atoms in total. The Bertz CT molecular complexity index is 1510. The van der Waals surface area contributed by atoms with Crippen molar-refractivity contribution in [2.24, 2.45) is 11.8 Å². The molecule has 2 aromatic carbocycles. The molecule has 0 radical (unpaired) electrons. The molecule has 44 heavy (non-hydrogen) atoms. The van der Waals surface area contributed by atoms with Gasteiger partial charge in [-0.25, -0.2) is 8.42 Å². The summed E-state index contributed by atoms with van der Waals surface area (Å²) in [6, 6.07) is 20.6. The molecule has 244 valence electrons. The van der Waals surface area contributed by atoms with Crippen LogP contribution in [0.1, 0.15) is 56.8 Å². The number of halogens is 1. The smallest absolute Gasteiger partial charge is 0.296 e. The molecule has 0 saturated heterocycles. The van der Waals surface area contributed by atoms with Gasteiger partial charge in [0.15, 0.2) is 0 Å². The van der Waals surface area contributed by atoms with E-state index in [9.17, 15) is 16.8 Å². The van der Waals surface area contributed by atoms with Crippen molar-refractivity contribution in [3.8, 4) is 0 Å². The third-order valence-corrected chi connectivity index (χ3v) is 9.29. The van der Waals surface area contributed by atoms with Crippen LogP contribution in [0.25, 0.3) is 0 Å². The predicted molar refractivity (Wildman–Crippen MR) is 175 cm³/mol. The molecule has 2 atom stereocenters. The molecular formula is C33H45ClO8S2. The van der Waals surface area contributed by atoms with E-state index in [-0.39, 0.29) is 36.3 Å². The maximum Gasteiger partial charge on any atom is 0.296 e. The van der Waals surface area contributed by atoms with Crippen LogP contribution in [0, 0.1) is 25.7 Å². The molecule has 0 fully saturated rings. The second-order valence-corrected chi connectivity index (χ2v) is 14.3. The minimum atomic E-state index is -3.69. The van der Waals surface area contributed by atoms with E-state index in [0.717, 1.165) is 41.9 Å². The van der Waals surface area contributed by atoms with Crippen molar-refractivity contribution >= 4 is 29.9 Å². The number of aliphatic hydroxyl groups excluding tert-OH is 1. The van der Waals surface area contributed by atoms with Crippen molar-refractivity contribution < 1.29 is 35.0 Å². The summed E-state index contributed by atoms with van der Waals surface area (Å²) in [5.41, 5.74) is 2.02. The van der Waals surface area contributed by atoms with Gasteiger partial charge in [-0.05, 0) is 74.2 Å². The van der Waals surface area contributed by atoms with E-state index in [4.69, 9.17) is 28.8 Å². The van der Waals surface area contributed by atoms with E-state index in [2.05, 4.69) is 6.92 Å². The summed E-state index contributed by atoms with van der Waals surface area (Å²) >= 11 is 0. The average molecular weight is 669 g/mol. The van der Waals surface area contributed by atoms with Crippen molar-refractivity contribution in [1.29, 1.82) is 0 Å². The van der Waals surface area contributed by atoms with Crippen molar-refractivity contribution in [2.75, 3.05) is 13.2 Å². The third kappa shape index (κ3) is 14.3. The highest BCUT2D eigenvalue weighted by Gasteiger charge is 2.18. The predicted octanol–water partition coefficient (Wildman–Crippen LogP) is 7.96. The van der Waals surface area contributed by atoms with Crippen molar-refractivity contribution in [1.82, 2.24) is 0 Å². The van der Waals surface area contributed by atoms with Gasteiger partial charge in [-0.3, -0.25) is 4.18 Å². The van der Waals surface area contributed by atoms with E-state index >= 15 is 0 Å². The third-order valence-electron chi connectivity index (χ3n) is 6.62. The van der Waals surface area contributed by atoms with Gasteiger partial charge < -0.3 is 13.9 Å². The largest absolute Gasteiger partial charge is 0.469 e. The van der Waals surface area contributed by atoms with Gasteiger partial charge in [0.25, 0.3) is 19.2 Å². The maximum absolute atomic E-state index is 12.1. The molecule has 4 rings (SSSR count). The summed E-state index contributed by atoms with van der Waals surface area (Å²) in [4.78, 5) is 0.339. The Balaban J connectivity index is 0.000000357. The summed E-state index contributed by atoms with van der Waals surface area (Å²) in [5.74, 6) is 2.27. The van der Waals surface area contributed by atoms with Gasteiger partial charge in [0.2, 0.25) is 0 Å². The maximum atomic E-state index is 12.1. The van der Waals surface area contributed by atoms with Crippen LogP contribution in [-0.4, -0.2) is 35.2 Å². The number of hydrogen-bond donors (Lipinski definition) is 1. The lowest BCUT2D eigenvalue weighted by Gasteiger charge is -2.13. The van der Waals surface area contributed by atoms with Gasteiger partial charge in [0.1, 0.15) is 11.5 Å². The molecule has 0 spiro atoms. The fraction of sp³-hybridized carbons (Fsp3) is 0.394. The number of hydrogen-bond acceptors (Lipinski definition) is 8. The van der Waals surface area contributed by atoms with E-state index in [1.54, 1.807) is 48.9 Å². The van der Waals surface area contributed by atoms with Crippen LogP contribution >= 0.6 is 10.7 Å². The Morgan fingerprint density at radius 2 is 1.16 bits per heavy atom. The molecule has 0 aliphatic carbocycles. The molecule has 0 amide bonds. The Morgan fingerprint density at radius 3 is 1.52 bits per heavy atom. The molecule has 2 aromatic heterocycles. The summed E-state index contributed by atoms with van der Waals surface area (Å²) in [5, 5.41) is 8.88. The average Bonchev–Trinajstić information content (AvgIpc) is 3.69. The first-order valence-electron chi connectivity index (χ1n) is 14.0. The van der Waals surface area contributed by atoms with Gasteiger partial charge in [0.05, 0.1) is 28.9 Å². The summed E-state index contributed by atoms with van der Waals surface area (Å²) in [6.07, 6.45) is 6.62. The fourth-order valence-corrected chi connectivity index (χ4v) is 5.49. The van der Waals surface area contributed by atoms with Gasteiger partial charge in [-0.15, -0.1) is 0 Å². The molecule has 0 saturated carbocycles. The van der Waals surface area contributed by atoms with Gasteiger partial charge in [0, 0.05) is 30.1 Å². The van der Waals surface area contributed by atoms with Crippen molar-refractivity contribution in [3.63, 3.8) is 0 Å². The minimum absolute atomic E-state index is 0. The molecule has 0 aliphatic heterocycles. The van der Waals surface area contributed by atoms with Gasteiger partial charge >= 0.3 is 0 Å². The number of aryl methyl sites for hydroxylation is 2. The number of benzene rings is 2. The van der Waals surface area contributed by atoms with Crippen LogP contribution in [0.5, 0.6) is 0 Å². The van der Waals surface area contributed by atoms with E-state index in [0.29, 0.717) is 12.3 Å². The van der Waals surface area contributed by atoms with Crippen LogP contribution in [-0.2, 0) is 36.2 Å². The minimum Gasteiger partial charge on any atom is -0.469 e. The van der Waals surface area contributed by atoms with Gasteiger partial charge in [-0.2, -0.15) is 8.42 Å². The lowest BCUT2D eigenvalue weighted by molar-refractivity contribution is 0.216. The van der Waals surface area contributed by atoms with Crippen LogP contribution < -0.4 is 0 Å². The SMILES string of the molecule is C.CCC(CO)Cc1ccco1.CCC(COS(=O)(=O)c1ccc(C)cc1)Cc1ccco1.Cc1ccc(S(=O)(=O)Cl)cc1. The molecule has 0 bridgehead atoms. The van der Waals surface area contributed by atoms with E-state index in [1.165, 1.54) is 12.1 Å². The second-order valence-electron chi connectivity index (χ2n) is 10.1. The number of aliphatic hydroxyl groups is 1. The Morgan fingerprint density at radius 1 is 0.727 bits per heavy atom. The first-order valence-corrected chi connectivity index (χ1v) is 17.7. The highest BCUT2D eigenvalue weighted by molar-refractivity contribution is 8.13. The number of rotatable bonds is 12. The molecule has 2 heterocycles. The fourth-order valence-electron chi connectivity index (χ4n) is 3.75. The lowest BCUT2D eigenvalue weighted by Crippen LogP contribution is -2.16. The van der Waals surface area contributed by atoms with Crippen LogP contribution in [0.2, 0.25) is 0 Å². The molecule has 0 aliphatic rings. The first-order chi connectivity index (χ1) is 20.4. The topological polar surface area (TPSA) is 124 Å². The highest BCUT2D eigenvalue weighted by atomic mass is 35.7. The lowest BCUT2D eigenvalue weighted by atomic mass is 10.0. The van der Waals surface area contributed by atoms with Crippen LogP contribution in [0.3, 0.4) is 0 Å². The summed E-state index contributed by atoms with van der Waals surface area (Å²) < 4.78 is 61.3. The molecular weight excluding hydrogens is 624 g/mol. The Hall–Kier alpha value is -2.89. The highest BCUT2D eigenvalue weighted by Crippen LogP contribution is 2.18. The van der Waals surface area contributed by atoms with Crippen molar-refractivity contribution in [3.05, 3.63) is 108 Å². The Kier molecular flexibility index (Phi) is 17.3. The van der Waals surface area contributed by atoms with Crippen LogP contribution in [0.4, 0.5) is 0 Å². The van der Waals surface area contributed by atoms with Crippen LogP contribution in [0.15, 0.2) is 104 Å². The zero-order valence-electron chi connectivity index (χ0n) is 25.0. The molecule has 11 heteroatoms. The zero-order valence-corrected chi connectivity index (χ0v) is 27.4. The van der Waals surface area contributed by atoms with E-state index in [1.807, 2.05) is 45.0 Å². The first kappa shape index (κ1) is 39.1. The molecule has 1 N–H and O–H groups in total. The standard InChI is InChI=1S/C16H20O4S.C9H14O2.C7H7ClO2S.CH4/c1-3-14(11-15-5-4-10-19-15)12-20-21(17,18)16-8-6-13(2)7-9-16;1-2-8(7-10)6-9-4-3-5-11-9;1-6-2-4-7(5-3-6)11(8,9)10;/h4-10,14H,3,11-12H2,1-2H3;3-5,8,10H,2,6-7H2,1H3;2-5H,1H3;1H4. The van der Waals surface area contributed by atoms with E-state index < -0.39 is 19.2 Å². The monoisotopic (exact) mass is 668 g/mol. The number of furan rings is 2. The quantitative estimate of drug-likeness (QED) is 0.119. The normalized spacial score (nSPS) is 12.5. The second kappa shape index (κ2) is 19.5. The molecule has 2 unspecified atom stereocenters. The van der Waals surface area contributed by atoms with Gasteiger partial charge in [-0.1, -0.05) is 69.5 Å². The zero-order chi connectivity index (χ0) is 31.9. The summed E-state index contributed by atoms with van der Waals surface area (Å²) in [7, 11) is -2.16. The summed E-state index contributed by atoms with van der Waals surface area (Å²) in [6.45, 7) is 8.28. The van der Waals surface area contributed by atoms with Crippen molar-refractivity contribution in [2.45, 2.75) is 70.6 Å². The Labute approximate surface area is 267 Å².